The molecule has 4 rings (SSSR count). The third kappa shape index (κ3) is 3.35. The lowest BCUT2D eigenvalue weighted by Crippen LogP contribution is -2.20. The Bertz CT molecular complexity index is 765. The average Bonchev–Trinajstić information content (AvgIpc) is 3.31. The normalized spacial score (nSPS) is 15.7. The molecule has 3 heterocycles. The molecule has 0 aliphatic carbocycles. The molecular formula is C20H23N2O. The van der Waals surface area contributed by atoms with Crippen molar-refractivity contribution >= 4 is 10.9 Å². The number of hydrogen-bond donors (Lipinski definition) is 1. The highest BCUT2D eigenvalue weighted by Crippen LogP contribution is 2.26. The van der Waals surface area contributed by atoms with Crippen molar-refractivity contribution in [3.8, 4) is 11.1 Å². The molecule has 2 aromatic heterocycles. The second-order valence-electron chi connectivity index (χ2n) is 6.41. The lowest BCUT2D eigenvalue weighted by Gasteiger charge is -2.13. The largest absolute Gasteiger partial charge is 0.469 e. The van der Waals surface area contributed by atoms with Crippen LogP contribution in [0.3, 0.4) is 0 Å². The smallest absolute Gasteiger partial charge is 0.104 e. The van der Waals surface area contributed by atoms with Gasteiger partial charge in [-0.1, -0.05) is 6.07 Å². The molecule has 1 aliphatic heterocycles. The van der Waals surface area contributed by atoms with Crippen LogP contribution >= 0.6 is 0 Å². The van der Waals surface area contributed by atoms with Crippen LogP contribution in [0.4, 0.5) is 0 Å². The van der Waals surface area contributed by atoms with Gasteiger partial charge in [0.05, 0.1) is 6.26 Å². The Labute approximate surface area is 137 Å². The summed E-state index contributed by atoms with van der Waals surface area (Å²) in [7, 11) is 0. The molecule has 0 spiro atoms. The fourth-order valence-corrected chi connectivity index (χ4v) is 3.40. The molecule has 3 nitrogen and oxygen atoms in total. The van der Waals surface area contributed by atoms with Gasteiger partial charge >= 0.3 is 0 Å². The first-order valence-corrected chi connectivity index (χ1v) is 8.57. The number of hydrogen-bond acceptors (Lipinski definition) is 2. The molecule has 3 aromatic rings. The number of fused-ring (bicyclic) bond motifs is 1. The van der Waals surface area contributed by atoms with Gasteiger partial charge in [-0.3, -0.25) is 0 Å². The minimum atomic E-state index is 0.917. The summed E-state index contributed by atoms with van der Waals surface area (Å²) in [6.45, 7) is 3.75. The molecule has 23 heavy (non-hydrogen) atoms. The standard InChI is InChI=1S/C20H23N2O/c1(2-10-22-11-3-4-12-22)5-19-14-18(15-23-19)16-6-7-20-17(13-16)8-9-21-20/h1,6-9,13-15,21H,2-5,10-12H2. The lowest BCUT2D eigenvalue weighted by molar-refractivity contribution is 0.341. The van der Waals surface area contributed by atoms with E-state index in [-0.39, 0.29) is 0 Å². The highest BCUT2D eigenvalue weighted by atomic mass is 16.3. The van der Waals surface area contributed by atoms with Gasteiger partial charge in [0.25, 0.3) is 0 Å². The van der Waals surface area contributed by atoms with Gasteiger partial charge in [-0.15, -0.1) is 0 Å². The molecule has 0 amide bonds. The summed E-state index contributed by atoms with van der Waals surface area (Å²) in [5, 5.41) is 1.24. The van der Waals surface area contributed by atoms with Crippen molar-refractivity contribution in [2.45, 2.75) is 25.7 Å². The van der Waals surface area contributed by atoms with Crippen LogP contribution in [0.2, 0.25) is 0 Å². The summed E-state index contributed by atoms with van der Waals surface area (Å²) in [5.41, 5.74) is 3.55. The minimum Gasteiger partial charge on any atom is -0.469 e. The van der Waals surface area contributed by atoms with E-state index in [1.807, 2.05) is 12.5 Å². The number of benzene rings is 1. The van der Waals surface area contributed by atoms with Crippen molar-refractivity contribution in [3.63, 3.8) is 0 Å². The third-order valence-electron chi connectivity index (χ3n) is 4.73. The monoisotopic (exact) mass is 307 g/mol. The van der Waals surface area contributed by atoms with E-state index in [4.69, 9.17) is 4.42 Å². The lowest BCUT2D eigenvalue weighted by atomic mass is 10.1. The van der Waals surface area contributed by atoms with Crippen LogP contribution in [0.15, 0.2) is 47.2 Å². The number of aromatic amines is 1. The van der Waals surface area contributed by atoms with Crippen molar-refractivity contribution < 1.29 is 4.42 Å². The second-order valence-corrected chi connectivity index (χ2v) is 6.41. The summed E-state index contributed by atoms with van der Waals surface area (Å²) >= 11 is 0. The van der Waals surface area contributed by atoms with Gasteiger partial charge in [0.2, 0.25) is 0 Å². The van der Waals surface area contributed by atoms with Crippen molar-refractivity contribution in [2.75, 3.05) is 19.6 Å². The Morgan fingerprint density at radius 1 is 1.09 bits per heavy atom. The molecule has 1 N–H and O–H groups in total. The maximum absolute atomic E-state index is 5.73. The first-order valence-electron chi connectivity index (χ1n) is 8.57. The number of nitrogens with zero attached hydrogens (tertiary/aromatic N) is 1. The zero-order chi connectivity index (χ0) is 15.5. The third-order valence-corrected chi connectivity index (χ3v) is 4.73. The van der Waals surface area contributed by atoms with Gasteiger partial charge in [-0.2, -0.15) is 0 Å². The fourth-order valence-electron chi connectivity index (χ4n) is 3.40. The number of rotatable bonds is 6. The Hall–Kier alpha value is -2.00. The summed E-state index contributed by atoms with van der Waals surface area (Å²) < 4.78 is 5.73. The summed E-state index contributed by atoms with van der Waals surface area (Å²) in [5.74, 6) is 1.05. The SMILES string of the molecule is [CH](CCN1CCCC1)Cc1cc(-c2ccc3[nH]ccc3c2)co1. The maximum atomic E-state index is 5.73. The van der Waals surface area contributed by atoms with E-state index in [9.17, 15) is 0 Å². The van der Waals surface area contributed by atoms with E-state index >= 15 is 0 Å². The molecule has 119 valence electrons. The molecule has 0 saturated carbocycles. The van der Waals surface area contributed by atoms with Crippen LogP contribution in [0.25, 0.3) is 22.0 Å². The summed E-state index contributed by atoms with van der Waals surface area (Å²) in [6.07, 6.45) is 11.0. The van der Waals surface area contributed by atoms with Gasteiger partial charge in [-0.05, 0) is 80.5 Å². The molecule has 1 fully saturated rings. The fraction of sp³-hybridized carbons (Fsp3) is 0.350. The van der Waals surface area contributed by atoms with Crippen LogP contribution in [0.5, 0.6) is 0 Å². The van der Waals surface area contributed by atoms with Crippen molar-refractivity contribution in [3.05, 3.63) is 55.0 Å². The number of likely N-dealkylation sites (tertiary alicyclic amines) is 1. The van der Waals surface area contributed by atoms with Crippen LogP contribution in [-0.4, -0.2) is 29.5 Å². The van der Waals surface area contributed by atoms with Gasteiger partial charge < -0.3 is 14.3 Å². The van der Waals surface area contributed by atoms with Gasteiger partial charge in [0.15, 0.2) is 0 Å². The van der Waals surface area contributed by atoms with Gasteiger partial charge in [-0.25, -0.2) is 0 Å². The molecule has 1 aromatic carbocycles. The van der Waals surface area contributed by atoms with E-state index in [1.165, 1.54) is 48.9 Å². The van der Waals surface area contributed by atoms with Crippen LogP contribution in [0.1, 0.15) is 25.0 Å². The number of H-pyrrole nitrogens is 1. The predicted molar refractivity (Wildman–Crippen MR) is 94.3 cm³/mol. The molecule has 1 aliphatic rings. The zero-order valence-corrected chi connectivity index (χ0v) is 13.4. The second kappa shape index (κ2) is 6.63. The average molecular weight is 307 g/mol. The number of furan rings is 1. The predicted octanol–water partition coefficient (Wildman–Crippen LogP) is 4.66. The summed E-state index contributed by atoms with van der Waals surface area (Å²) in [6, 6.07) is 10.7. The molecular weight excluding hydrogens is 284 g/mol. The first kappa shape index (κ1) is 14.6. The molecule has 0 atom stereocenters. The number of unbranched alkanes of at least 4 members (excludes halogenated alkanes) is 1. The zero-order valence-electron chi connectivity index (χ0n) is 13.4. The molecule has 0 bridgehead atoms. The number of aromatic nitrogens is 1. The highest BCUT2D eigenvalue weighted by Gasteiger charge is 2.11. The highest BCUT2D eigenvalue weighted by molar-refractivity contribution is 5.84. The van der Waals surface area contributed by atoms with Crippen molar-refractivity contribution in [1.29, 1.82) is 0 Å². The van der Waals surface area contributed by atoms with Crippen LogP contribution < -0.4 is 0 Å². The van der Waals surface area contributed by atoms with Crippen molar-refractivity contribution in [2.24, 2.45) is 0 Å². The molecule has 0 unspecified atom stereocenters. The molecule has 3 heteroatoms. The Kier molecular flexibility index (Phi) is 4.20. The van der Waals surface area contributed by atoms with Gasteiger partial charge in [0.1, 0.15) is 5.76 Å². The molecule has 1 radical (unpaired) electrons. The minimum absolute atomic E-state index is 0.917. The summed E-state index contributed by atoms with van der Waals surface area (Å²) in [4.78, 5) is 5.78. The molecule has 1 saturated heterocycles. The Morgan fingerprint density at radius 2 is 2.00 bits per heavy atom. The van der Waals surface area contributed by atoms with E-state index < -0.39 is 0 Å². The first-order chi connectivity index (χ1) is 11.4. The Balaban J connectivity index is 1.34. The van der Waals surface area contributed by atoms with Gasteiger partial charge in [0, 0.05) is 23.7 Å². The van der Waals surface area contributed by atoms with E-state index in [2.05, 4.69) is 46.6 Å². The van der Waals surface area contributed by atoms with Crippen LogP contribution in [0, 0.1) is 6.42 Å². The Morgan fingerprint density at radius 3 is 2.91 bits per heavy atom. The number of nitrogens with one attached hydrogen (secondary N) is 1. The van der Waals surface area contributed by atoms with E-state index in [0.29, 0.717) is 0 Å². The van der Waals surface area contributed by atoms with E-state index in [1.54, 1.807) is 0 Å². The van der Waals surface area contributed by atoms with Crippen molar-refractivity contribution in [1.82, 2.24) is 9.88 Å². The quantitative estimate of drug-likeness (QED) is 0.672. The van der Waals surface area contributed by atoms with Crippen LogP contribution in [-0.2, 0) is 6.42 Å². The van der Waals surface area contributed by atoms with E-state index in [0.717, 1.165) is 24.2 Å². The maximum Gasteiger partial charge on any atom is 0.104 e. The topological polar surface area (TPSA) is 32.2 Å².